The number of aryl methyl sites for hydroxylation is 2. The first-order valence-corrected chi connectivity index (χ1v) is 6.94. The Kier molecular flexibility index (Phi) is 5.42. The molecule has 2 aromatic rings. The van der Waals surface area contributed by atoms with Gasteiger partial charge in [-0.1, -0.05) is 6.07 Å². The Hall–Kier alpha value is -2.58. The number of aromatic nitrogens is 2. The van der Waals surface area contributed by atoms with Crippen LogP contribution < -0.4 is 10.1 Å². The van der Waals surface area contributed by atoms with Gasteiger partial charge in [-0.05, 0) is 37.6 Å². The molecule has 0 spiro atoms. The van der Waals surface area contributed by atoms with E-state index in [1.807, 2.05) is 0 Å². The van der Waals surface area contributed by atoms with E-state index in [0.29, 0.717) is 5.69 Å². The number of ether oxygens (including phenoxy) is 1. The van der Waals surface area contributed by atoms with Crippen molar-refractivity contribution in [2.45, 2.75) is 33.4 Å². The lowest BCUT2D eigenvalue weighted by molar-refractivity contribution is -0.117. The van der Waals surface area contributed by atoms with Gasteiger partial charge < -0.3 is 10.1 Å². The summed E-state index contributed by atoms with van der Waals surface area (Å²) in [6, 6.07) is 5.51. The molecule has 0 radical (unpaired) electrons. The maximum atomic E-state index is 12.6. The first kappa shape index (κ1) is 17.8. The van der Waals surface area contributed by atoms with Crippen molar-refractivity contribution >= 4 is 11.6 Å². The second-order valence-electron chi connectivity index (χ2n) is 5.10. The number of nitrogens with zero attached hydrogens (tertiary/aromatic N) is 2. The summed E-state index contributed by atoms with van der Waals surface area (Å²) in [7, 11) is 0. The van der Waals surface area contributed by atoms with Crippen molar-refractivity contribution in [3.8, 4) is 5.75 Å². The quantitative estimate of drug-likeness (QED) is 0.813. The molecule has 9 heteroatoms. The van der Waals surface area contributed by atoms with E-state index < -0.39 is 24.6 Å². The van der Waals surface area contributed by atoms with Crippen LogP contribution in [0.25, 0.3) is 0 Å². The maximum absolute atomic E-state index is 12.6. The molecule has 0 bridgehead atoms. The van der Waals surface area contributed by atoms with E-state index in [1.165, 1.54) is 25.1 Å². The molecule has 0 unspecified atom stereocenters. The van der Waals surface area contributed by atoms with Crippen molar-refractivity contribution in [1.29, 1.82) is 0 Å². The Bertz CT molecular complexity index is 732. The fourth-order valence-corrected chi connectivity index (χ4v) is 2.07. The number of alkyl halides is 4. The molecule has 1 amide bonds. The molecule has 0 aliphatic rings. The number of carbonyl (C=O) groups excluding carboxylic acids is 1. The second kappa shape index (κ2) is 7.33. The zero-order chi connectivity index (χ0) is 17.9. The molecule has 0 saturated carbocycles. The van der Waals surface area contributed by atoms with Crippen molar-refractivity contribution in [2.75, 3.05) is 5.32 Å². The molecule has 0 fully saturated rings. The first-order valence-electron chi connectivity index (χ1n) is 6.94. The molecule has 130 valence electrons. The van der Waals surface area contributed by atoms with Crippen LogP contribution in [0.5, 0.6) is 5.75 Å². The highest BCUT2D eigenvalue weighted by atomic mass is 19.3. The van der Waals surface area contributed by atoms with Gasteiger partial charge in [0.2, 0.25) is 5.91 Å². The van der Waals surface area contributed by atoms with Gasteiger partial charge in [0, 0.05) is 5.69 Å². The van der Waals surface area contributed by atoms with Gasteiger partial charge in [-0.25, -0.2) is 8.78 Å². The molecule has 1 aromatic carbocycles. The molecule has 0 saturated heterocycles. The minimum atomic E-state index is -3.04. The number of anilines is 1. The van der Waals surface area contributed by atoms with Gasteiger partial charge in [-0.2, -0.15) is 13.9 Å². The zero-order valence-electron chi connectivity index (χ0n) is 12.9. The van der Waals surface area contributed by atoms with Gasteiger partial charge in [0.25, 0.3) is 6.43 Å². The number of rotatable bonds is 6. The summed E-state index contributed by atoms with van der Waals surface area (Å²) in [5.74, 6) is -0.791. The van der Waals surface area contributed by atoms with Gasteiger partial charge in [0.05, 0.1) is 5.69 Å². The lowest BCUT2D eigenvalue weighted by Crippen LogP contribution is -2.21. The van der Waals surface area contributed by atoms with E-state index in [-0.39, 0.29) is 18.0 Å². The smallest absolute Gasteiger partial charge is 0.387 e. The van der Waals surface area contributed by atoms with E-state index in [1.54, 1.807) is 13.0 Å². The lowest BCUT2D eigenvalue weighted by Gasteiger charge is -2.13. The van der Waals surface area contributed by atoms with Crippen LogP contribution in [0.3, 0.4) is 0 Å². The van der Waals surface area contributed by atoms with Crippen LogP contribution in [0, 0.1) is 13.8 Å². The third-order valence-electron chi connectivity index (χ3n) is 3.14. The van der Waals surface area contributed by atoms with E-state index in [9.17, 15) is 22.4 Å². The Morgan fingerprint density at radius 3 is 2.54 bits per heavy atom. The molecular formula is C15H15F4N3O2. The van der Waals surface area contributed by atoms with Crippen molar-refractivity contribution < 1.29 is 27.1 Å². The Morgan fingerprint density at radius 2 is 1.96 bits per heavy atom. The Balaban J connectivity index is 2.13. The van der Waals surface area contributed by atoms with E-state index >= 15 is 0 Å². The van der Waals surface area contributed by atoms with Crippen LogP contribution in [0.4, 0.5) is 23.2 Å². The molecular weight excluding hydrogens is 330 g/mol. The van der Waals surface area contributed by atoms with Crippen LogP contribution in [0.15, 0.2) is 24.3 Å². The molecule has 0 aliphatic carbocycles. The van der Waals surface area contributed by atoms with E-state index in [2.05, 4.69) is 15.2 Å². The van der Waals surface area contributed by atoms with E-state index in [4.69, 9.17) is 0 Å². The standard InChI is InChI=1S/C15H15F4N3O2/c1-8-3-4-12(24-15(18)19)10(5-8)20-13(23)7-22-9(2)6-11(21-22)14(16)17/h3-6,14-15H,7H2,1-2H3,(H,20,23). The number of nitrogens with one attached hydrogen (secondary N) is 1. The number of hydrogen-bond donors (Lipinski definition) is 1. The van der Waals surface area contributed by atoms with Crippen LogP contribution >= 0.6 is 0 Å². The Labute approximate surface area is 135 Å². The summed E-state index contributed by atoms with van der Waals surface area (Å²) < 4.78 is 55.4. The molecule has 5 nitrogen and oxygen atoms in total. The third-order valence-corrected chi connectivity index (χ3v) is 3.14. The Morgan fingerprint density at radius 1 is 1.25 bits per heavy atom. The topological polar surface area (TPSA) is 56.1 Å². The predicted octanol–water partition coefficient (Wildman–Crippen LogP) is 3.68. The highest BCUT2D eigenvalue weighted by Gasteiger charge is 2.16. The number of amides is 1. The number of benzene rings is 1. The number of hydrogen-bond acceptors (Lipinski definition) is 3. The number of halogens is 4. The SMILES string of the molecule is Cc1ccc(OC(F)F)c(NC(=O)Cn2nc(C(F)F)cc2C)c1. The van der Waals surface area contributed by atoms with Gasteiger partial charge in [0.1, 0.15) is 18.0 Å². The molecule has 2 rings (SSSR count). The zero-order valence-corrected chi connectivity index (χ0v) is 12.9. The lowest BCUT2D eigenvalue weighted by atomic mass is 10.2. The van der Waals surface area contributed by atoms with Gasteiger partial charge >= 0.3 is 6.61 Å². The largest absolute Gasteiger partial charge is 0.433 e. The highest BCUT2D eigenvalue weighted by Crippen LogP contribution is 2.27. The van der Waals surface area contributed by atoms with Crippen LogP contribution in [-0.4, -0.2) is 22.3 Å². The summed E-state index contributed by atoms with van der Waals surface area (Å²) in [6.45, 7) is -0.121. The molecule has 24 heavy (non-hydrogen) atoms. The summed E-state index contributed by atoms with van der Waals surface area (Å²) in [5, 5.41) is 6.06. The van der Waals surface area contributed by atoms with Crippen molar-refractivity contribution in [3.63, 3.8) is 0 Å². The normalized spacial score (nSPS) is 11.2. The second-order valence-corrected chi connectivity index (χ2v) is 5.10. The van der Waals surface area contributed by atoms with Crippen LogP contribution in [0.1, 0.15) is 23.4 Å². The van der Waals surface area contributed by atoms with Crippen molar-refractivity contribution in [3.05, 3.63) is 41.2 Å². The van der Waals surface area contributed by atoms with Crippen molar-refractivity contribution in [2.24, 2.45) is 0 Å². The molecule has 0 atom stereocenters. The summed E-state index contributed by atoms with van der Waals surface area (Å²) in [6.07, 6.45) is -2.74. The fraction of sp³-hybridized carbons (Fsp3) is 0.333. The van der Waals surface area contributed by atoms with Crippen LogP contribution in [0.2, 0.25) is 0 Å². The predicted molar refractivity (Wildman–Crippen MR) is 78.4 cm³/mol. The molecule has 1 heterocycles. The minimum Gasteiger partial charge on any atom is -0.433 e. The van der Waals surface area contributed by atoms with Gasteiger partial charge in [-0.3, -0.25) is 9.48 Å². The highest BCUT2D eigenvalue weighted by molar-refractivity contribution is 5.92. The average Bonchev–Trinajstić information content (AvgIpc) is 2.83. The minimum absolute atomic E-state index is 0.0687. The molecule has 1 aromatic heterocycles. The summed E-state index contributed by atoms with van der Waals surface area (Å²) >= 11 is 0. The summed E-state index contributed by atoms with van der Waals surface area (Å²) in [4.78, 5) is 12.1. The van der Waals surface area contributed by atoms with Crippen LogP contribution in [-0.2, 0) is 11.3 Å². The van der Waals surface area contributed by atoms with Gasteiger partial charge in [0.15, 0.2) is 0 Å². The van der Waals surface area contributed by atoms with E-state index in [0.717, 1.165) is 10.2 Å². The number of carbonyl (C=O) groups is 1. The third kappa shape index (κ3) is 4.46. The van der Waals surface area contributed by atoms with Gasteiger partial charge in [-0.15, -0.1) is 0 Å². The summed E-state index contributed by atoms with van der Waals surface area (Å²) in [5.41, 5.74) is 0.743. The first-order chi connectivity index (χ1) is 11.3. The van der Waals surface area contributed by atoms with Crippen molar-refractivity contribution in [1.82, 2.24) is 9.78 Å². The fourth-order valence-electron chi connectivity index (χ4n) is 2.07. The maximum Gasteiger partial charge on any atom is 0.387 e. The molecule has 0 aliphatic heterocycles. The molecule has 1 N–H and O–H groups in total. The monoisotopic (exact) mass is 345 g/mol. The average molecular weight is 345 g/mol.